The van der Waals surface area contributed by atoms with Crippen molar-refractivity contribution in [1.82, 2.24) is 19.6 Å². The Hall–Kier alpha value is -1.16. The first-order valence-electron chi connectivity index (χ1n) is 4.48. The number of alkyl halides is 1. The van der Waals surface area contributed by atoms with Crippen LogP contribution >= 0.6 is 11.6 Å². The molecule has 0 spiro atoms. The zero-order valence-electron chi connectivity index (χ0n) is 8.05. The van der Waals surface area contributed by atoms with Gasteiger partial charge in [-0.2, -0.15) is 0 Å². The molecular weight excluding hydrogens is 200 g/mol. The Balaban J connectivity index is 2.56. The van der Waals surface area contributed by atoms with Crippen LogP contribution in [0.25, 0.3) is 5.65 Å². The Morgan fingerprint density at radius 3 is 2.93 bits per heavy atom. The molecule has 0 bridgehead atoms. The minimum atomic E-state index is 0.0328. The number of aromatic nitrogens is 4. The first kappa shape index (κ1) is 9.40. The number of halogens is 1. The molecular formula is C9H11ClN4. The molecule has 2 unspecified atom stereocenters. The fraction of sp³-hybridized carbons (Fsp3) is 0.444. The summed E-state index contributed by atoms with van der Waals surface area (Å²) in [5.74, 6) is 0.171. The third-order valence-electron chi connectivity index (χ3n) is 2.36. The van der Waals surface area contributed by atoms with E-state index in [0.717, 1.165) is 11.3 Å². The molecule has 0 aliphatic carbocycles. The Morgan fingerprint density at radius 2 is 2.21 bits per heavy atom. The van der Waals surface area contributed by atoms with Gasteiger partial charge in [-0.15, -0.1) is 21.8 Å². The minimum absolute atomic E-state index is 0.0328. The fourth-order valence-corrected chi connectivity index (χ4v) is 1.44. The molecule has 14 heavy (non-hydrogen) atoms. The first-order chi connectivity index (χ1) is 6.70. The largest absolute Gasteiger partial charge is 0.286 e. The van der Waals surface area contributed by atoms with Crippen molar-refractivity contribution in [3.05, 3.63) is 24.4 Å². The summed E-state index contributed by atoms with van der Waals surface area (Å²) in [5.41, 5.74) is 1.68. The molecule has 0 aliphatic heterocycles. The summed E-state index contributed by atoms with van der Waals surface area (Å²) in [6.07, 6.45) is 5.22. The lowest BCUT2D eigenvalue weighted by Crippen LogP contribution is -2.09. The second-order valence-electron chi connectivity index (χ2n) is 3.34. The summed E-state index contributed by atoms with van der Waals surface area (Å²) in [4.78, 5) is 4.29. The fourth-order valence-electron chi connectivity index (χ4n) is 1.32. The highest BCUT2D eigenvalue weighted by molar-refractivity contribution is 6.20. The molecule has 0 saturated heterocycles. The van der Waals surface area contributed by atoms with Crippen LogP contribution in [0.5, 0.6) is 0 Å². The van der Waals surface area contributed by atoms with Crippen LogP contribution in [0.3, 0.4) is 0 Å². The van der Waals surface area contributed by atoms with E-state index in [1.165, 1.54) is 0 Å². The number of hydrogen-bond acceptors (Lipinski definition) is 3. The average Bonchev–Trinajstić information content (AvgIpc) is 2.63. The molecule has 0 saturated carbocycles. The van der Waals surface area contributed by atoms with E-state index in [0.29, 0.717) is 0 Å². The van der Waals surface area contributed by atoms with E-state index in [1.807, 2.05) is 24.4 Å². The molecule has 2 atom stereocenters. The number of nitrogens with zero attached hydrogens (tertiary/aromatic N) is 4. The summed E-state index contributed by atoms with van der Waals surface area (Å²) >= 11 is 6.03. The van der Waals surface area contributed by atoms with Crippen LogP contribution in [0.1, 0.15) is 25.5 Å². The van der Waals surface area contributed by atoms with Gasteiger partial charge in [0.1, 0.15) is 6.33 Å². The minimum Gasteiger partial charge on any atom is -0.286 e. The van der Waals surface area contributed by atoms with Crippen LogP contribution in [0.4, 0.5) is 0 Å². The topological polar surface area (TPSA) is 43.1 Å². The van der Waals surface area contributed by atoms with Gasteiger partial charge in [-0.25, -0.2) is 0 Å². The lowest BCUT2D eigenvalue weighted by Gasteiger charge is -2.12. The Morgan fingerprint density at radius 1 is 1.43 bits per heavy atom. The van der Waals surface area contributed by atoms with Gasteiger partial charge < -0.3 is 0 Å². The summed E-state index contributed by atoms with van der Waals surface area (Å²) in [7, 11) is 0. The van der Waals surface area contributed by atoms with Crippen LogP contribution in [-0.2, 0) is 0 Å². The average molecular weight is 211 g/mol. The van der Waals surface area contributed by atoms with Crippen molar-refractivity contribution in [3.8, 4) is 0 Å². The maximum Gasteiger partial charge on any atom is 0.182 e. The van der Waals surface area contributed by atoms with Crippen molar-refractivity contribution in [3.63, 3.8) is 0 Å². The van der Waals surface area contributed by atoms with Gasteiger partial charge >= 0.3 is 0 Å². The maximum absolute atomic E-state index is 6.03. The molecule has 74 valence electrons. The van der Waals surface area contributed by atoms with Crippen LogP contribution in [0.15, 0.2) is 18.7 Å². The Labute approximate surface area is 86.9 Å². The highest BCUT2D eigenvalue weighted by atomic mass is 35.5. The molecule has 0 fully saturated rings. The molecule has 4 nitrogen and oxygen atoms in total. The Kier molecular flexibility index (Phi) is 2.37. The third-order valence-corrected chi connectivity index (χ3v) is 2.74. The van der Waals surface area contributed by atoms with Crippen molar-refractivity contribution < 1.29 is 0 Å². The van der Waals surface area contributed by atoms with Gasteiger partial charge in [0.25, 0.3) is 0 Å². The normalized spacial score (nSPS) is 15.6. The van der Waals surface area contributed by atoms with Gasteiger partial charge in [-0.3, -0.25) is 9.38 Å². The van der Waals surface area contributed by atoms with Gasteiger partial charge in [0.15, 0.2) is 5.65 Å². The van der Waals surface area contributed by atoms with E-state index in [2.05, 4.69) is 15.2 Å². The lowest BCUT2D eigenvalue weighted by molar-refractivity contribution is 0.715. The summed E-state index contributed by atoms with van der Waals surface area (Å²) in [6.45, 7) is 3.99. The van der Waals surface area contributed by atoms with Gasteiger partial charge in [0.05, 0.1) is 5.69 Å². The van der Waals surface area contributed by atoms with Crippen LogP contribution < -0.4 is 0 Å². The monoisotopic (exact) mass is 210 g/mol. The zero-order valence-corrected chi connectivity index (χ0v) is 8.81. The van der Waals surface area contributed by atoms with Crippen molar-refractivity contribution in [1.29, 1.82) is 0 Å². The van der Waals surface area contributed by atoms with E-state index < -0.39 is 0 Å². The SMILES string of the molecule is CC(Cl)C(C)c1nccn2cnnc12. The highest BCUT2D eigenvalue weighted by Crippen LogP contribution is 2.23. The smallest absolute Gasteiger partial charge is 0.182 e. The molecule has 2 aromatic heterocycles. The maximum atomic E-state index is 6.03. The zero-order chi connectivity index (χ0) is 10.1. The van der Waals surface area contributed by atoms with Crippen molar-refractivity contribution in [2.45, 2.75) is 25.1 Å². The van der Waals surface area contributed by atoms with Crippen molar-refractivity contribution in [2.75, 3.05) is 0 Å². The van der Waals surface area contributed by atoms with Crippen molar-refractivity contribution >= 4 is 17.2 Å². The van der Waals surface area contributed by atoms with E-state index in [9.17, 15) is 0 Å². The Bertz CT molecular complexity index is 437. The summed E-state index contributed by atoms with van der Waals surface area (Å²) in [6, 6.07) is 0. The van der Waals surface area contributed by atoms with Gasteiger partial charge in [0.2, 0.25) is 0 Å². The standard InChI is InChI=1S/C9H11ClN4/c1-6(7(2)10)8-9-13-12-5-14(9)4-3-11-8/h3-7H,1-2H3. The molecule has 0 N–H and O–H groups in total. The molecule has 2 heterocycles. The molecule has 0 amide bonds. The van der Waals surface area contributed by atoms with Gasteiger partial charge in [-0.1, -0.05) is 6.92 Å². The summed E-state index contributed by atoms with van der Waals surface area (Å²) in [5, 5.41) is 7.88. The van der Waals surface area contributed by atoms with Gasteiger partial charge in [0, 0.05) is 23.7 Å². The first-order valence-corrected chi connectivity index (χ1v) is 4.92. The number of fused-ring (bicyclic) bond motifs is 1. The van der Waals surface area contributed by atoms with Crippen LogP contribution in [0.2, 0.25) is 0 Å². The number of rotatable bonds is 2. The predicted molar refractivity (Wildman–Crippen MR) is 54.5 cm³/mol. The second-order valence-corrected chi connectivity index (χ2v) is 4.03. The molecule has 2 aromatic rings. The molecule has 5 heteroatoms. The van der Waals surface area contributed by atoms with E-state index in [1.54, 1.807) is 12.5 Å². The van der Waals surface area contributed by atoms with E-state index >= 15 is 0 Å². The second kappa shape index (κ2) is 3.53. The van der Waals surface area contributed by atoms with Gasteiger partial charge in [-0.05, 0) is 6.92 Å². The molecule has 0 aliphatic rings. The van der Waals surface area contributed by atoms with E-state index in [4.69, 9.17) is 11.6 Å². The quantitative estimate of drug-likeness (QED) is 0.711. The number of hydrogen-bond donors (Lipinski definition) is 0. The van der Waals surface area contributed by atoms with Crippen LogP contribution in [-0.4, -0.2) is 25.0 Å². The lowest BCUT2D eigenvalue weighted by atomic mass is 10.0. The molecule has 0 aromatic carbocycles. The highest BCUT2D eigenvalue weighted by Gasteiger charge is 2.17. The predicted octanol–water partition coefficient (Wildman–Crippen LogP) is 1.86. The molecule has 2 rings (SSSR count). The third kappa shape index (κ3) is 1.46. The molecule has 0 radical (unpaired) electrons. The van der Waals surface area contributed by atoms with Crippen molar-refractivity contribution in [2.24, 2.45) is 0 Å². The summed E-state index contributed by atoms with van der Waals surface area (Å²) < 4.78 is 1.85. The van der Waals surface area contributed by atoms with E-state index in [-0.39, 0.29) is 11.3 Å². The van der Waals surface area contributed by atoms with Crippen LogP contribution in [0, 0.1) is 0 Å².